The zero-order chi connectivity index (χ0) is 11.5. The van der Waals surface area contributed by atoms with Crippen LogP contribution in [0.3, 0.4) is 0 Å². The quantitative estimate of drug-likeness (QED) is 0.635. The van der Waals surface area contributed by atoms with E-state index in [1.54, 1.807) is 0 Å². The molecule has 1 aromatic rings. The number of phenols is 1. The Balaban J connectivity index is 2.53. The Morgan fingerprint density at radius 2 is 2.19 bits per heavy atom. The van der Waals surface area contributed by atoms with Crippen molar-refractivity contribution in [2.75, 3.05) is 0 Å². The highest BCUT2D eigenvalue weighted by atomic mass is 35.5. The number of halogens is 1. The van der Waals surface area contributed by atoms with Crippen molar-refractivity contribution in [3.05, 3.63) is 27.8 Å². The number of aryl methyl sites for hydroxylation is 1. The summed E-state index contributed by atoms with van der Waals surface area (Å²) in [7, 11) is 0. The summed E-state index contributed by atoms with van der Waals surface area (Å²) in [6.07, 6.45) is 5.64. The van der Waals surface area contributed by atoms with Gasteiger partial charge < -0.3 is 5.11 Å². The van der Waals surface area contributed by atoms with Crippen LogP contribution in [-0.2, 0) is 24.2 Å². The van der Waals surface area contributed by atoms with E-state index in [2.05, 4.69) is 4.99 Å². The molecule has 1 aliphatic rings. The van der Waals surface area contributed by atoms with Crippen molar-refractivity contribution in [3.8, 4) is 5.75 Å². The van der Waals surface area contributed by atoms with Crippen LogP contribution in [0.5, 0.6) is 5.75 Å². The maximum Gasteiger partial charge on any atom is 0.235 e. The number of benzene rings is 1. The summed E-state index contributed by atoms with van der Waals surface area (Å²) in [5, 5.41) is 10.2. The van der Waals surface area contributed by atoms with Crippen LogP contribution < -0.4 is 0 Å². The van der Waals surface area contributed by atoms with E-state index in [0.717, 1.165) is 31.2 Å². The fraction of sp³-hybridized carbons (Fsp3) is 0.417. The molecule has 0 unspecified atom stereocenters. The number of carbonyl (C=O) groups excluding carboxylic acids is 1. The molecule has 1 N–H and O–H groups in total. The lowest BCUT2D eigenvalue weighted by Gasteiger charge is -2.20. The van der Waals surface area contributed by atoms with Crippen molar-refractivity contribution in [3.63, 3.8) is 0 Å². The van der Waals surface area contributed by atoms with E-state index >= 15 is 0 Å². The number of aromatic hydroxyl groups is 1. The standard InChI is InChI=1S/C12H12ClNO2/c13-11-5-8-3-1-2-4-9(8)10(12(11)16)6-14-7-15/h5,16H,1-4,6H2. The monoisotopic (exact) mass is 237 g/mol. The molecule has 1 aromatic carbocycles. The van der Waals surface area contributed by atoms with E-state index in [1.807, 2.05) is 6.07 Å². The summed E-state index contributed by atoms with van der Waals surface area (Å²) >= 11 is 5.94. The maximum absolute atomic E-state index is 10.1. The lowest BCUT2D eigenvalue weighted by molar-refractivity contribution is 0.465. The molecule has 84 valence electrons. The minimum Gasteiger partial charge on any atom is -0.506 e. The number of nitrogens with zero attached hydrogens (tertiary/aromatic N) is 1. The maximum atomic E-state index is 10.1. The van der Waals surface area contributed by atoms with Crippen LogP contribution in [0.2, 0.25) is 5.02 Å². The lowest BCUT2D eigenvalue weighted by atomic mass is 9.88. The molecular weight excluding hydrogens is 226 g/mol. The minimum absolute atomic E-state index is 0.0568. The molecule has 4 heteroatoms. The Morgan fingerprint density at radius 3 is 2.94 bits per heavy atom. The fourth-order valence-corrected chi connectivity index (χ4v) is 2.47. The summed E-state index contributed by atoms with van der Waals surface area (Å²) in [6, 6.07) is 1.82. The van der Waals surface area contributed by atoms with Gasteiger partial charge in [-0.15, -0.1) is 0 Å². The van der Waals surface area contributed by atoms with E-state index in [0.29, 0.717) is 10.6 Å². The number of fused-ring (bicyclic) bond motifs is 1. The second-order valence-electron chi connectivity index (χ2n) is 3.94. The lowest BCUT2D eigenvalue weighted by Crippen LogP contribution is -2.06. The molecule has 2 rings (SSSR count). The molecule has 0 radical (unpaired) electrons. The number of rotatable bonds is 2. The number of hydrogen-bond donors (Lipinski definition) is 1. The third-order valence-corrected chi connectivity index (χ3v) is 3.28. The highest BCUT2D eigenvalue weighted by Gasteiger charge is 2.18. The van der Waals surface area contributed by atoms with Crippen LogP contribution in [0.25, 0.3) is 0 Å². The zero-order valence-corrected chi connectivity index (χ0v) is 9.55. The molecule has 0 atom stereocenters. The molecular formula is C12H12ClNO2. The van der Waals surface area contributed by atoms with Crippen molar-refractivity contribution in [2.45, 2.75) is 32.2 Å². The summed E-state index contributed by atoms with van der Waals surface area (Å²) in [5.41, 5.74) is 2.96. The first-order valence-corrected chi connectivity index (χ1v) is 5.67. The molecule has 0 heterocycles. The fourth-order valence-electron chi connectivity index (χ4n) is 2.22. The normalized spacial score (nSPS) is 14.1. The van der Waals surface area contributed by atoms with Gasteiger partial charge in [-0.1, -0.05) is 11.6 Å². The Morgan fingerprint density at radius 1 is 1.44 bits per heavy atom. The van der Waals surface area contributed by atoms with Gasteiger partial charge in [0.25, 0.3) is 0 Å². The summed E-state index contributed by atoms with van der Waals surface area (Å²) < 4.78 is 0. The molecule has 0 aliphatic heterocycles. The first kappa shape index (κ1) is 11.2. The molecule has 0 bridgehead atoms. The Hall–Kier alpha value is -1.31. The van der Waals surface area contributed by atoms with Gasteiger partial charge in [0.1, 0.15) is 5.75 Å². The van der Waals surface area contributed by atoms with E-state index in [9.17, 15) is 9.90 Å². The number of aliphatic imine (C=N–C) groups is 1. The van der Waals surface area contributed by atoms with Crippen molar-refractivity contribution in [1.29, 1.82) is 0 Å². The Bertz CT molecular complexity index is 465. The number of isocyanates is 1. The van der Waals surface area contributed by atoms with E-state index in [1.165, 1.54) is 11.6 Å². The van der Waals surface area contributed by atoms with Gasteiger partial charge in [0.2, 0.25) is 6.08 Å². The summed E-state index contributed by atoms with van der Waals surface area (Å²) in [5.74, 6) is 0.0568. The topological polar surface area (TPSA) is 49.7 Å². The molecule has 3 nitrogen and oxygen atoms in total. The van der Waals surface area contributed by atoms with E-state index in [-0.39, 0.29) is 12.3 Å². The SMILES string of the molecule is O=C=NCc1c(O)c(Cl)cc2c1CCCC2. The predicted octanol–water partition coefficient (Wildman–Crippen LogP) is 2.76. The Labute approximate surface area is 98.8 Å². The van der Waals surface area contributed by atoms with Crippen LogP contribution in [0.4, 0.5) is 0 Å². The van der Waals surface area contributed by atoms with E-state index in [4.69, 9.17) is 11.6 Å². The summed E-state index contributed by atoms with van der Waals surface area (Å²) in [6.45, 7) is 0.165. The first-order chi connectivity index (χ1) is 7.74. The van der Waals surface area contributed by atoms with Gasteiger partial charge in [0, 0.05) is 5.56 Å². The molecule has 0 spiro atoms. The minimum atomic E-state index is 0.0568. The molecule has 1 aliphatic carbocycles. The molecule has 0 fully saturated rings. The van der Waals surface area contributed by atoms with Gasteiger partial charge in [-0.3, -0.25) is 0 Å². The van der Waals surface area contributed by atoms with Crippen LogP contribution >= 0.6 is 11.6 Å². The van der Waals surface area contributed by atoms with Crippen molar-refractivity contribution in [1.82, 2.24) is 0 Å². The van der Waals surface area contributed by atoms with Gasteiger partial charge in [0.05, 0.1) is 11.6 Å². The molecule has 0 amide bonds. The zero-order valence-electron chi connectivity index (χ0n) is 8.79. The third-order valence-electron chi connectivity index (χ3n) is 2.99. The summed E-state index contributed by atoms with van der Waals surface area (Å²) in [4.78, 5) is 13.7. The van der Waals surface area contributed by atoms with Crippen molar-refractivity contribution < 1.29 is 9.90 Å². The smallest absolute Gasteiger partial charge is 0.235 e. The van der Waals surface area contributed by atoms with Crippen LogP contribution in [0.15, 0.2) is 11.1 Å². The second kappa shape index (κ2) is 4.69. The van der Waals surface area contributed by atoms with Crippen molar-refractivity contribution >= 4 is 17.7 Å². The molecule has 0 saturated carbocycles. The largest absolute Gasteiger partial charge is 0.506 e. The van der Waals surface area contributed by atoms with Gasteiger partial charge >= 0.3 is 0 Å². The van der Waals surface area contributed by atoms with Gasteiger partial charge in [-0.05, 0) is 42.9 Å². The first-order valence-electron chi connectivity index (χ1n) is 5.29. The van der Waals surface area contributed by atoms with Crippen LogP contribution in [-0.4, -0.2) is 11.2 Å². The average molecular weight is 238 g/mol. The van der Waals surface area contributed by atoms with Crippen LogP contribution in [0, 0.1) is 0 Å². The molecule has 0 aromatic heterocycles. The van der Waals surface area contributed by atoms with Crippen LogP contribution in [0.1, 0.15) is 29.5 Å². The second-order valence-corrected chi connectivity index (χ2v) is 4.35. The molecule has 16 heavy (non-hydrogen) atoms. The van der Waals surface area contributed by atoms with E-state index < -0.39 is 0 Å². The average Bonchev–Trinajstić information content (AvgIpc) is 2.30. The van der Waals surface area contributed by atoms with Gasteiger partial charge in [-0.25, -0.2) is 9.79 Å². The third kappa shape index (κ3) is 1.97. The van der Waals surface area contributed by atoms with Crippen molar-refractivity contribution in [2.24, 2.45) is 4.99 Å². The number of phenolic OH excluding ortho intramolecular Hbond substituents is 1. The highest BCUT2D eigenvalue weighted by Crippen LogP contribution is 2.36. The molecule has 0 saturated heterocycles. The highest BCUT2D eigenvalue weighted by molar-refractivity contribution is 6.32. The van der Waals surface area contributed by atoms with Gasteiger partial charge in [0.15, 0.2) is 0 Å². The Kier molecular flexibility index (Phi) is 3.28. The predicted molar refractivity (Wildman–Crippen MR) is 61.6 cm³/mol. The number of hydrogen-bond acceptors (Lipinski definition) is 3. The van der Waals surface area contributed by atoms with Gasteiger partial charge in [-0.2, -0.15) is 0 Å².